The maximum absolute atomic E-state index is 13.3. The van der Waals surface area contributed by atoms with Crippen molar-refractivity contribution in [3.05, 3.63) is 47.5 Å². The fourth-order valence-corrected chi connectivity index (χ4v) is 6.43. The van der Waals surface area contributed by atoms with E-state index in [-0.39, 0.29) is 16.8 Å². The molecule has 2 fully saturated rings. The number of sulfonamides is 1. The number of aromatic amines is 1. The molecule has 1 atom stereocenters. The predicted molar refractivity (Wildman–Crippen MR) is 114 cm³/mol. The fourth-order valence-electron chi connectivity index (χ4n) is 4.77. The van der Waals surface area contributed by atoms with Crippen LogP contribution < -0.4 is 0 Å². The summed E-state index contributed by atoms with van der Waals surface area (Å²) in [5.74, 6) is -0.610. The molecule has 9 heteroatoms. The Bertz CT molecular complexity index is 1020. The first-order chi connectivity index (χ1) is 14.9. The predicted octanol–water partition coefficient (Wildman–Crippen LogP) is 3.87. The van der Waals surface area contributed by atoms with Crippen LogP contribution in [0.3, 0.4) is 0 Å². The number of carbonyl (C=O) groups excluding carboxylic acids is 1. The van der Waals surface area contributed by atoms with Gasteiger partial charge in [-0.25, -0.2) is 12.8 Å². The summed E-state index contributed by atoms with van der Waals surface area (Å²) >= 11 is 0. The molecule has 1 aromatic heterocycles. The van der Waals surface area contributed by atoms with E-state index < -0.39 is 21.9 Å². The lowest BCUT2D eigenvalue weighted by molar-refractivity contribution is 0.0692. The molecule has 7 nitrogen and oxygen atoms in total. The van der Waals surface area contributed by atoms with E-state index in [1.54, 1.807) is 4.90 Å². The second-order valence-electron chi connectivity index (χ2n) is 8.49. The number of nitrogens with one attached hydrogen (secondary N) is 1. The van der Waals surface area contributed by atoms with Crippen molar-refractivity contribution in [2.45, 2.75) is 68.3 Å². The minimum Gasteiger partial charge on any atom is -0.339 e. The third-order valence-corrected chi connectivity index (χ3v) is 8.47. The number of nitrogens with zero attached hydrogens (tertiary/aromatic N) is 3. The summed E-state index contributed by atoms with van der Waals surface area (Å²) in [5, 5.41) is 7.02. The molecular formula is C22H29FN4O3S. The summed E-state index contributed by atoms with van der Waals surface area (Å²) in [7, 11) is -2.02. The van der Waals surface area contributed by atoms with Crippen LogP contribution in [0.1, 0.15) is 73.5 Å². The highest BCUT2D eigenvalue weighted by Crippen LogP contribution is 2.36. The molecule has 2 heterocycles. The van der Waals surface area contributed by atoms with Gasteiger partial charge in [-0.05, 0) is 49.9 Å². The van der Waals surface area contributed by atoms with Crippen LogP contribution in [0.15, 0.2) is 35.4 Å². The van der Waals surface area contributed by atoms with Gasteiger partial charge in [-0.2, -0.15) is 9.40 Å². The Kier molecular flexibility index (Phi) is 6.43. The van der Waals surface area contributed by atoms with Crippen LogP contribution in [0.5, 0.6) is 0 Å². The number of piperidine rings is 1. The lowest BCUT2D eigenvalue weighted by atomic mass is 9.93. The van der Waals surface area contributed by atoms with Gasteiger partial charge in [0.15, 0.2) is 0 Å². The van der Waals surface area contributed by atoms with Crippen LogP contribution in [0.2, 0.25) is 0 Å². The topological polar surface area (TPSA) is 86.4 Å². The summed E-state index contributed by atoms with van der Waals surface area (Å²) in [6, 6.07) is 4.56. The SMILES string of the molecule is CN(C(=O)c1cn[nH]c1[C@@H]1CCCCN1S(=O)(=O)c1ccc(F)cc1)C1CCCCC1. The average molecular weight is 449 g/mol. The molecule has 1 N–H and O–H groups in total. The van der Waals surface area contributed by atoms with E-state index in [1.807, 2.05) is 7.05 Å². The van der Waals surface area contributed by atoms with E-state index in [2.05, 4.69) is 10.2 Å². The zero-order valence-corrected chi connectivity index (χ0v) is 18.6. The Labute approximate surface area is 182 Å². The van der Waals surface area contributed by atoms with E-state index in [9.17, 15) is 17.6 Å². The highest BCUT2D eigenvalue weighted by atomic mass is 32.2. The molecule has 0 unspecified atom stereocenters. The minimum absolute atomic E-state index is 0.0486. The Morgan fingerprint density at radius 3 is 2.48 bits per heavy atom. The van der Waals surface area contributed by atoms with Crippen molar-refractivity contribution in [2.75, 3.05) is 13.6 Å². The van der Waals surface area contributed by atoms with Crippen molar-refractivity contribution in [1.29, 1.82) is 0 Å². The highest BCUT2D eigenvalue weighted by Gasteiger charge is 2.38. The summed E-state index contributed by atoms with van der Waals surface area (Å²) in [6.07, 6.45) is 9.10. The molecule has 4 rings (SSSR count). The van der Waals surface area contributed by atoms with Crippen molar-refractivity contribution in [2.24, 2.45) is 0 Å². The number of H-pyrrole nitrogens is 1. The molecular weight excluding hydrogens is 419 g/mol. The maximum atomic E-state index is 13.3. The van der Waals surface area contributed by atoms with Crippen LogP contribution in [-0.2, 0) is 10.0 Å². The zero-order chi connectivity index (χ0) is 22.0. The third-order valence-electron chi connectivity index (χ3n) is 6.55. The molecule has 1 aliphatic heterocycles. The smallest absolute Gasteiger partial charge is 0.257 e. The zero-order valence-electron chi connectivity index (χ0n) is 17.8. The summed E-state index contributed by atoms with van der Waals surface area (Å²) < 4.78 is 41.4. The van der Waals surface area contributed by atoms with Gasteiger partial charge in [0.1, 0.15) is 5.82 Å². The van der Waals surface area contributed by atoms with Crippen molar-refractivity contribution >= 4 is 15.9 Å². The molecule has 1 amide bonds. The standard InChI is InChI=1S/C22H29FN4O3S/c1-26(17-7-3-2-4-8-17)22(28)19-15-24-25-21(19)20-9-5-6-14-27(20)31(29,30)18-12-10-16(23)11-13-18/h10-13,15,17,20H,2-9,14H2,1H3,(H,24,25)/t20-/m0/s1. The van der Waals surface area contributed by atoms with Crippen LogP contribution in [0.25, 0.3) is 0 Å². The summed E-state index contributed by atoms with van der Waals surface area (Å²) in [6.45, 7) is 0.343. The molecule has 1 aromatic carbocycles. The number of carbonyl (C=O) groups is 1. The highest BCUT2D eigenvalue weighted by molar-refractivity contribution is 7.89. The lowest BCUT2D eigenvalue weighted by Crippen LogP contribution is -2.41. The van der Waals surface area contributed by atoms with Gasteiger partial charge in [0.2, 0.25) is 10.0 Å². The van der Waals surface area contributed by atoms with Crippen molar-refractivity contribution in [3.63, 3.8) is 0 Å². The molecule has 0 radical (unpaired) electrons. The number of benzene rings is 1. The molecule has 31 heavy (non-hydrogen) atoms. The van der Waals surface area contributed by atoms with Gasteiger partial charge in [0.05, 0.1) is 28.4 Å². The second kappa shape index (κ2) is 9.08. The first-order valence-electron chi connectivity index (χ1n) is 11.0. The van der Waals surface area contributed by atoms with Gasteiger partial charge < -0.3 is 4.90 Å². The molecule has 0 bridgehead atoms. The molecule has 2 aliphatic rings. The van der Waals surface area contributed by atoms with Crippen LogP contribution in [-0.4, -0.2) is 53.4 Å². The Morgan fingerprint density at radius 1 is 1.10 bits per heavy atom. The quantitative estimate of drug-likeness (QED) is 0.752. The molecule has 168 valence electrons. The number of halogens is 1. The third kappa shape index (κ3) is 4.39. The summed E-state index contributed by atoms with van der Waals surface area (Å²) in [5.41, 5.74) is 0.970. The first kappa shape index (κ1) is 22.0. The van der Waals surface area contributed by atoms with Crippen LogP contribution >= 0.6 is 0 Å². The van der Waals surface area contributed by atoms with E-state index >= 15 is 0 Å². The van der Waals surface area contributed by atoms with E-state index in [1.165, 1.54) is 29.1 Å². The van der Waals surface area contributed by atoms with E-state index in [0.717, 1.165) is 50.7 Å². The fraction of sp³-hybridized carbons (Fsp3) is 0.545. The van der Waals surface area contributed by atoms with Crippen LogP contribution in [0.4, 0.5) is 4.39 Å². The Balaban J connectivity index is 1.63. The van der Waals surface area contributed by atoms with Crippen molar-refractivity contribution < 1.29 is 17.6 Å². The number of rotatable bonds is 5. The Morgan fingerprint density at radius 2 is 1.77 bits per heavy atom. The van der Waals surface area contributed by atoms with Crippen molar-refractivity contribution in [3.8, 4) is 0 Å². The molecule has 1 saturated heterocycles. The number of hydrogen-bond acceptors (Lipinski definition) is 4. The van der Waals surface area contributed by atoms with Gasteiger partial charge in [0, 0.05) is 19.6 Å². The molecule has 0 spiro atoms. The number of amides is 1. The second-order valence-corrected chi connectivity index (χ2v) is 10.4. The first-order valence-corrected chi connectivity index (χ1v) is 12.4. The molecule has 1 saturated carbocycles. The van der Waals surface area contributed by atoms with Crippen LogP contribution in [0, 0.1) is 5.82 Å². The maximum Gasteiger partial charge on any atom is 0.257 e. The summed E-state index contributed by atoms with van der Waals surface area (Å²) in [4.78, 5) is 15.1. The monoisotopic (exact) mass is 448 g/mol. The van der Waals surface area contributed by atoms with Crippen molar-refractivity contribution in [1.82, 2.24) is 19.4 Å². The minimum atomic E-state index is -3.84. The van der Waals surface area contributed by atoms with Gasteiger partial charge in [-0.15, -0.1) is 0 Å². The Hall–Kier alpha value is -2.26. The van der Waals surface area contributed by atoms with Gasteiger partial charge in [-0.3, -0.25) is 9.89 Å². The number of hydrogen-bond donors (Lipinski definition) is 1. The normalized spacial score (nSPS) is 21.2. The lowest BCUT2D eigenvalue weighted by Gasteiger charge is -2.35. The molecule has 1 aliphatic carbocycles. The molecule has 2 aromatic rings. The largest absolute Gasteiger partial charge is 0.339 e. The van der Waals surface area contributed by atoms with E-state index in [4.69, 9.17) is 0 Å². The van der Waals surface area contributed by atoms with E-state index in [0.29, 0.717) is 24.2 Å². The number of aromatic nitrogens is 2. The van der Waals surface area contributed by atoms with Gasteiger partial charge in [-0.1, -0.05) is 25.7 Å². The van der Waals surface area contributed by atoms with Gasteiger partial charge in [0.25, 0.3) is 5.91 Å². The average Bonchev–Trinajstić information content (AvgIpc) is 3.29. The van der Waals surface area contributed by atoms with Gasteiger partial charge >= 0.3 is 0 Å².